The maximum Gasteiger partial charge on any atom is 0.410 e. The molecule has 9 heteroatoms. The zero-order chi connectivity index (χ0) is 22.1. The van der Waals surface area contributed by atoms with E-state index in [2.05, 4.69) is 24.9 Å². The number of carboxylic acids is 1. The Morgan fingerprint density at radius 1 is 1.03 bits per heavy atom. The number of hydrogen-bond donors (Lipinski definition) is 1. The van der Waals surface area contributed by atoms with Gasteiger partial charge in [0.15, 0.2) is 0 Å². The standard InChI is InChI=1S/C23H33N5O4/c29-21(30)14-16-5-10-27(11-6-16)19-2-1-3-20-22(19)32-23(31)28(20)17-7-12-26(13-8-17)18-4-9-24-25-15-18/h4,9,15-17,19-20,22H,1-3,5-8,10-14H2,(H,29,30). The number of aliphatic carboxylic acids is 1. The molecule has 4 heterocycles. The SMILES string of the molecule is O=C(O)CC1CCN(C2CCCC3C2OC(=O)N3C2CCN(c3ccnnc3)CC2)CC1. The number of fused-ring (bicyclic) bond motifs is 1. The molecule has 0 radical (unpaired) electrons. The van der Waals surface area contributed by atoms with Crippen LogP contribution in [0, 0.1) is 5.92 Å². The molecule has 0 bridgehead atoms. The summed E-state index contributed by atoms with van der Waals surface area (Å²) < 4.78 is 6.02. The highest BCUT2D eigenvalue weighted by Crippen LogP contribution is 2.39. The second-order valence-corrected chi connectivity index (χ2v) is 9.72. The van der Waals surface area contributed by atoms with Crippen LogP contribution in [0.3, 0.4) is 0 Å². The highest BCUT2D eigenvalue weighted by Gasteiger charge is 2.51. The molecule has 1 N–H and O–H groups in total. The molecular weight excluding hydrogens is 410 g/mol. The van der Waals surface area contributed by atoms with Gasteiger partial charge < -0.3 is 14.7 Å². The number of carboxylic acid groups (broad SMARTS) is 1. The topological polar surface area (TPSA) is 99.1 Å². The van der Waals surface area contributed by atoms with E-state index in [1.165, 1.54) is 0 Å². The smallest absolute Gasteiger partial charge is 0.410 e. The average molecular weight is 444 g/mol. The van der Waals surface area contributed by atoms with Gasteiger partial charge in [0.2, 0.25) is 0 Å². The van der Waals surface area contributed by atoms with Crippen molar-refractivity contribution in [2.45, 2.75) is 75.6 Å². The summed E-state index contributed by atoms with van der Waals surface area (Å²) >= 11 is 0. The van der Waals surface area contributed by atoms with E-state index in [0.29, 0.717) is 0 Å². The predicted octanol–water partition coefficient (Wildman–Crippen LogP) is 2.37. The van der Waals surface area contributed by atoms with E-state index in [1.54, 1.807) is 12.4 Å². The summed E-state index contributed by atoms with van der Waals surface area (Å²) in [4.78, 5) is 30.9. The predicted molar refractivity (Wildman–Crippen MR) is 117 cm³/mol. The van der Waals surface area contributed by atoms with Gasteiger partial charge in [0.25, 0.3) is 0 Å². The monoisotopic (exact) mass is 443 g/mol. The lowest BCUT2D eigenvalue weighted by Crippen LogP contribution is -2.56. The van der Waals surface area contributed by atoms with Crippen LogP contribution in [-0.4, -0.2) is 87.6 Å². The number of anilines is 1. The second-order valence-electron chi connectivity index (χ2n) is 9.72. The van der Waals surface area contributed by atoms with Gasteiger partial charge in [-0.25, -0.2) is 4.79 Å². The number of hydrogen-bond acceptors (Lipinski definition) is 7. The van der Waals surface area contributed by atoms with Crippen LogP contribution in [0.15, 0.2) is 18.5 Å². The molecule has 3 saturated heterocycles. The molecule has 3 unspecified atom stereocenters. The third kappa shape index (κ3) is 4.27. The number of carbonyl (C=O) groups excluding carboxylic acids is 1. The molecule has 174 valence electrons. The van der Waals surface area contributed by atoms with Gasteiger partial charge in [0, 0.05) is 31.6 Å². The van der Waals surface area contributed by atoms with Gasteiger partial charge in [0.1, 0.15) is 6.10 Å². The van der Waals surface area contributed by atoms with Crippen LogP contribution in [0.4, 0.5) is 10.5 Å². The normalized spacial score (nSPS) is 30.2. The third-order valence-corrected chi connectivity index (χ3v) is 7.94. The summed E-state index contributed by atoms with van der Waals surface area (Å²) in [6.07, 6.45) is 10.5. The maximum atomic E-state index is 13.0. The molecule has 1 aromatic rings. The Hall–Kier alpha value is -2.42. The fourth-order valence-corrected chi connectivity index (χ4v) is 6.31. The van der Waals surface area contributed by atoms with E-state index in [-0.39, 0.29) is 42.7 Å². The van der Waals surface area contributed by atoms with Crippen LogP contribution >= 0.6 is 0 Å². The van der Waals surface area contributed by atoms with E-state index in [1.807, 2.05) is 6.07 Å². The zero-order valence-corrected chi connectivity index (χ0v) is 18.5. The Kier molecular flexibility index (Phi) is 6.17. The van der Waals surface area contributed by atoms with Crippen molar-refractivity contribution in [1.82, 2.24) is 20.0 Å². The van der Waals surface area contributed by atoms with Crippen LogP contribution in [0.5, 0.6) is 0 Å². The van der Waals surface area contributed by atoms with Gasteiger partial charge in [-0.1, -0.05) is 0 Å². The van der Waals surface area contributed by atoms with E-state index in [0.717, 1.165) is 76.8 Å². The van der Waals surface area contributed by atoms with E-state index < -0.39 is 5.97 Å². The van der Waals surface area contributed by atoms with E-state index >= 15 is 0 Å². The minimum Gasteiger partial charge on any atom is -0.481 e. The fourth-order valence-electron chi connectivity index (χ4n) is 6.31. The van der Waals surface area contributed by atoms with Gasteiger partial charge in [0.05, 0.1) is 24.1 Å². The molecular formula is C23H33N5O4. The lowest BCUT2D eigenvalue weighted by molar-refractivity contribution is -0.138. The lowest BCUT2D eigenvalue weighted by Gasteiger charge is -2.45. The molecule has 3 aliphatic heterocycles. The summed E-state index contributed by atoms with van der Waals surface area (Å²) in [6, 6.07) is 2.64. The summed E-state index contributed by atoms with van der Waals surface area (Å²) in [5, 5.41) is 16.9. The van der Waals surface area contributed by atoms with Crippen molar-refractivity contribution < 1.29 is 19.4 Å². The molecule has 0 spiro atoms. The van der Waals surface area contributed by atoms with Crippen molar-refractivity contribution in [1.29, 1.82) is 0 Å². The Balaban J connectivity index is 1.20. The van der Waals surface area contributed by atoms with Gasteiger partial charge >= 0.3 is 12.1 Å². The Morgan fingerprint density at radius 2 is 1.78 bits per heavy atom. The Morgan fingerprint density at radius 3 is 2.47 bits per heavy atom. The van der Waals surface area contributed by atoms with E-state index in [9.17, 15) is 9.59 Å². The number of rotatable bonds is 5. The van der Waals surface area contributed by atoms with Gasteiger partial charge in [-0.15, -0.1) is 0 Å². The number of nitrogens with zero attached hydrogens (tertiary/aromatic N) is 5. The van der Waals surface area contributed by atoms with Crippen molar-refractivity contribution in [3.05, 3.63) is 18.5 Å². The van der Waals surface area contributed by atoms with Crippen molar-refractivity contribution in [2.75, 3.05) is 31.1 Å². The summed E-state index contributed by atoms with van der Waals surface area (Å²) in [5.41, 5.74) is 1.09. The largest absolute Gasteiger partial charge is 0.481 e. The quantitative estimate of drug-likeness (QED) is 0.741. The van der Waals surface area contributed by atoms with Crippen molar-refractivity contribution >= 4 is 17.7 Å². The average Bonchev–Trinajstić information content (AvgIpc) is 3.16. The number of aromatic nitrogens is 2. The fraction of sp³-hybridized carbons (Fsp3) is 0.739. The molecule has 4 aliphatic rings. The number of amides is 1. The van der Waals surface area contributed by atoms with Gasteiger partial charge in [-0.3, -0.25) is 14.6 Å². The summed E-state index contributed by atoms with van der Waals surface area (Å²) in [7, 11) is 0. The molecule has 1 aromatic heterocycles. The highest BCUT2D eigenvalue weighted by atomic mass is 16.6. The van der Waals surface area contributed by atoms with Crippen molar-refractivity contribution in [3.8, 4) is 0 Å². The number of carbonyl (C=O) groups is 2. The molecule has 1 aliphatic carbocycles. The summed E-state index contributed by atoms with van der Waals surface area (Å²) in [5.74, 6) is -0.431. The first-order valence-corrected chi connectivity index (χ1v) is 12.1. The summed E-state index contributed by atoms with van der Waals surface area (Å²) in [6.45, 7) is 3.61. The molecule has 9 nitrogen and oxygen atoms in total. The number of likely N-dealkylation sites (tertiary alicyclic amines) is 1. The lowest BCUT2D eigenvalue weighted by atomic mass is 9.84. The van der Waals surface area contributed by atoms with Crippen molar-refractivity contribution in [3.63, 3.8) is 0 Å². The first-order chi connectivity index (χ1) is 15.6. The number of ether oxygens (including phenoxy) is 1. The second kappa shape index (κ2) is 9.21. The Labute approximate surface area is 188 Å². The molecule has 5 rings (SSSR count). The molecule has 0 aromatic carbocycles. The molecule has 1 amide bonds. The molecule has 32 heavy (non-hydrogen) atoms. The molecule has 1 saturated carbocycles. The zero-order valence-electron chi connectivity index (χ0n) is 18.5. The Bertz CT molecular complexity index is 808. The van der Waals surface area contributed by atoms with Crippen LogP contribution in [0.25, 0.3) is 0 Å². The van der Waals surface area contributed by atoms with Crippen LogP contribution < -0.4 is 4.90 Å². The van der Waals surface area contributed by atoms with Gasteiger partial charge in [-0.2, -0.15) is 10.2 Å². The minimum absolute atomic E-state index is 0.0605. The van der Waals surface area contributed by atoms with Crippen LogP contribution in [0.2, 0.25) is 0 Å². The van der Waals surface area contributed by atoms with Crippen LogP contribution in [-0.2, 0) is 9.53 Å². The first kappa shape index (κ1) is 21.4. The number of piperidine rings is 2. The van der Waals surface area contributed by atoms with E-state index in [4.69, 9.17) is 9.84 Å². The highest BCUT2D eigenvalue weighted by molar-refractivity contribution is 5.71. The van der Waals surface area contributed by atoms with Gasteiger partial charge in [-0.05, 0) is 70.0 Å². The van der Waals surface area contributed by atoms with Crippen LogP contribution in [0.1, 0.15) is 51.4 Å². The first-order valence-electron chi connectivity index (χ1n) is 12.1. The van der Waals surface area contributed by atoms with Crippen molar-refractivity contribution in [2.24, 2.45) is 5.92 Å². The maximum absolute atomic E-state index is 13.0. The third-order valence-electron chi connectivity index (χ3n) is 7.94. The minimum atomic E-state index is -0.701. The molecule has 4 fully saturated rings. The molecule has 3 atom stereocenters.